The van der Waals surface area contributed by atoms with E-state index in [1.807, 2.05) is 17.3 Å². The van der Waals surface area contributed by atoms with Gasteiger partial charge in [-0.05, 0) is 18.2 Å². The van der Waals surface area contributed by atoms with Crippen LogP contribution in [0.25, 0.3) is 0 Å². The second-order valence-electron chi connectivity index (χ2n) is 9.47. The zero-order chi connectivity index (χ0) is 25.5. The molecule has 0 atom stereocenters. The molecule has 3 aromatic rings. The maximum atomic E-state index is 15.6. The standard InChI is InChI=1S/C27H27FN6O3/c1-37-20-16-33(17-20)27-29-13-19(14-30-27)31-9-11-32(12-10-31)23-8-4-5-18(24(23)28)15-34-25(35)21-6-2-3-7-22(21)26(34)36/h2-8,13-14,20H,9-12,15-17H2,1H3. The van der Waals surface area contributed by atoms with E-state index in [0.29, 0.717) is 54.5 Å². The molecular weight excluding hydrogens is 475 g/mol. The minimum absolute atomic E-state index is 0.0994. The van der Waals surface area contributed by atoms with Gasteiger partial charge < -0.3 is 19.4 Å². The molecule has 3 aliphatic heterocycles. The first-order valence-corrected chi connectivity index (χ1v) is 12.4. The number of carbonyl (C=O) groups excluding carboxylic acids is 2. The van der Waals surface area contributed by atoms with Gasteiger partial charge in [0, 0.05) is 51.9 Å². The zero-order valence-electron chi connectivity index (χ0n) is 20.5. The third-order valence-corrected chi connectivity index (χ3v) is 7.34. The van der Waals surface area contributed by atoms with E-state index in [2.05, 4.69) is 19.8 Å². The number of benzene rings is 2. The van der Waals surface area contributed by atoms with Gasteiger partial charge in [0.15, 0.2) is 5.82 Å². The largest absolute Gasteiger partial charge is 0.378 e. The predicted molar refractivity (Wildman–Crippen MR) is 137 cm³/mol. The number of anilines is 3. The molecule has 0 saturated carbocycles. The monoisotopic (exact) mass is 502 g/mol. The molecule has 2 saturated heterocycles. The van der Waals surface area contributed by atoms with Crippen LogP contribution >= 0.6 is 0 Å². The number of carbonyl (C=O) groups is 2. The van der Waals surface area contributed by atoms with Crippen molar-refractivity contribution in [1.82, 2.24) is 14.9 Å². The van der Waals surface area contributed by atoms with E-state index >= 15 is 4.39 Å². The summed E-state index contributed by atoms with van der Waals surface area (Å²) in [7, 11) is 1.71. The average molecular weight is 503 g/mol. The number of hydrogen-bond donors (Lipinski definition) is 0. The van der Waals surface area contributed by atoms with Gasteiger partial charge in [-0.25, -0.2) is 14.4 Å². The number of hydrogen-bond acceptors (Lipinski definition) is 8. The van der Waals surface area contributed by atoms with Crippen molar-refractivity contribution in [3.8, 4) is 0 Å². The molecule has 4 heterocycles. The second kappa shape index (κ2) is 9.44. The zero-order valence-corrected chi connectivity index (χ0v) is 20.5. The van der Waals surface area contributed by atoms with E-state index in [9.17, 15) is 9.59 Å². The molecule has 2 amide bonds. The van der Waals surface area contributed by atoms with Crippen LogP contribution < -0.4 is 14.7 Å². The van der Waals surface area contributed by atoms with Crippen molar-refractivity contribution in [1.29, 1.82) is 0 Å². The highest BCUT2D eigenvalue weighted by atomic mass is 19.1. The van der Waals surface area contributed by atoms with Gasteiger partial charge in [-0.2, -0.15) is 0 Å². The quantitative estimate of drug-likeness (QED) is 0.476. The SMILES string of the molecule is COC1CN(c2ncc(N3CCN(c4cccc(CN5C(=O)c6ccccc6C5=O)c4F)CC3)cn2)C1. The lowest BCUT2D eigenvalue weighted by Gasteiger charge is -2.39. The van der Waals surface area contributed by atoms with Crippen LogP contribution in [0, 0.1) is 5.82 Å². The lowest BCUT2D eigenvalue weighted by Crippen LogP contribution is -2.52. The Labute approximate surface area is 214 Å². The molecule has 2 aromatic carbocycles. The number of nitrogens with zero attached hydrogens (tertiary/aromatic N) is 6. The first-order chi connectivity index (χ1) is 18.0. The highest BCUT2D eigenvalue weighted by Gasteiger charge is 2.36. The van der Waals surface area contributed by atoms with Crippen LogP contribution in [0.4, 0.5) is 21.7 Å². The number of aromatic nitrogens is 2. The number of methoxy groups -OCH3 is 1. The molecule has 9 nitrogen and oxygen atoms in total. The molecule has 10 heteroatoms. The Kier molecular flexibility index (Phi) is 5.96. The second-order valence-corrected chi connectivity index (χ2v) is 9.47. The van der Waals surface area contributed by atoms with Crippen LogP contribution in [0.2, 0.25) is 0 Å². The van der Waals surface area contributed by atoms with Crippen molar-refractivity contribution in [2.24, 2.45) is 0 Å². The topological polar surface area (TPSA) is 82.1 Å². The highest BCUT2D eigenvalue weighted by molar-refractivity contribution is 6.21. The van der Waals surface area contributed by atoms with Crippen LogP contribution in [-0.4, -0.2) is 79.2 Å². The third-order valence-electron chi connectivity index (χ3n) is 7.34. The molecule has 0 aliphatic carbocycles. The lowest BCUT2D eigenvalue weighted by atomic mass is 10.1. The first-order valence-electron chi connectivity index (χ1n) is 12.4. The molecule has 0 spiro atoms. The summed E-state index contributed by atoms with van der Waals surface area (Å²) in [6, 6.07) is 11.8. The number of ether oxygens (including phenoxy) is 1. The maximum absolute atomic E-state index is 15.6. The third kappa shape index (κ3) is 4.17. The van der Waals surface area contributed by atoms with Crippen molar-refractivity contribution in [2.75, 3.05) is 61.1 Å². The fourth-order valence-electron chi connectivity index (χ4n) is 5.08. The van der Waals surface area contributed by atoms with E-state index in [0.717, 1.165) is 23.7 Å². The number of fused-ring (bicyclic) bond motifs is 1. The van der Waals surface area contributed by atoms with Gasteiger partial charge in [-0.1, -0.05) is 24.3 Å². The van der Waals surface area contributed by atoms with Gasteiger partial charge in [0.1, 0.15) is 0 Å². The van der Waals surface area contributed by atoms with Crippen molar-refractivity contribution in [3.63, 3.8) is 0 Å². The number of rotatable bonds is 6. The summed E-state index contributed by atoms with van der Waals surface area (Å²) in [5.41, 5.74) is 2.46. The molecule has 3 aliphatic rings. The summed E-state index contributed by atoms with van der Waals surface area (Å²) in [6.45, 7) is 4.13. The Morgan fingerprint density at radius 1 is 0.865 bits per heavy atom. The number of imide groups is 1. The molecule has 6 rings (SSSR count). The lowest BCUT2D eigenvalue weighted by molar-refractivity contribution is 0.0641. The average Bonchev–Trinajstić information content (AvgIpc) is 3.15. The summed E-state index contributed by atoms with van der Waals surface area (Å²) >= 11 is 0. The summed E-state index contributed by atoms with van der Waals surface area (Å²) in [5, 5.41) is 0. The van der Waals surface area contributed by atoms with Gasteiger partial charge in [0.25, 0.3) is 11.8 Å². The van der Waals surface area contributed by atoms with Gasteiger partial charge in [0.05, 0.1) is 47.5 Å². The van der Waals surface area contributed by atoms with Gasteiger partial charge in [-0.15, -0.1) is 0 Å². The Morgan fingerprint density at radius 3 is 2.11 bits per heavy atom. The Morgan fingerprint density at radius 2 is 1.49 bits per heavy atom. The van der Waals surface area contributed by atoms with Crippen LogP contribution in [0.1, 0.15) is 26.3 Å². The first kappa shape index (κ1) is 23.4. The van der Waals surface area contributed by atoms with Crippen LogP contribution in [0.5, 0.6) is 0 Å². The van der Waals surface area contributed by atoms with Crippen LogP contribution in [0.3, 0.4) is 0 Å². The number of amides is 2. The number of piperazine rings is 1. The predicted octanol–water partition coefficient (Wildman–Crippen LogP) is 2.57. The van der Waals surface area contributed by atoms with Crippen molar-refractivity contribution >= 4 is 29.1 Å². The van der Waals surface area contributed by atoms with Crippen LogP contribution in [0.15, 0.2) is 54.9 Å². The molecule has 0 radical (unpaired) electrons. The summed E-state index contributed by atoms with van der Waals surface area (Å²) in [6.07, 6.45) is 3.91. The van der Waals surface area contributed by atoms with Gasteiger partial charge in [0.2, 0.25) is 5.95 Å². The fraction of sp³-hybridized carbons (Fsp3) is 0.333. The molecular formula is C27H27FN6O3. The normalized spacial score (nSPS) is 17.9. The van der Waals surface area contributed by atoms with E-state index < -0.39 is 5.82 Å². The highest BCUT2D eigenvalue weighted by Crippen LogP contribution is 2.29. The van der Waals surface area contributed by atoms with E-state index in [1.54, 1.807) is 49.6 Å². The van der Waals surface area contributed by atoms with E-state index in [1.165, 1.54) is 0 Å². The van der Waals surface area contributed by atoms with Gasteiger partial charge in [-0.3, -0.25) is 14.5 Å². The molecule has 0 N–H and O–H groups in total. The van der Waals surface area contributed by atoms with E-state index in [4.69, 9.17) is 4.74 Å². The minimum atomic E-state index is -0.399. The number of halogens is 1. The molecule has 2 fully saturated rings. The summed E-state index contributed by atoms with van der Waals surface area (Å²) < 4.78 is 20.9. The Bertz CT molecular complexity index is 1300. The summed E-state index contributed by atoms with van der Waals surface area (Å²) in [4.78, 5) is 41.9. The maximum Gasteiger partial charge on any atom is 0.261 e. The van der Waals surface area contributed by atoms with Crippen LogP contribution in [-0.2, 0) is 11.3 Å². The molecule has 1 aromatic heterocycles. The van der Waals surface area contributed by atoms with Gasteiger partial charge >= 0.3 is 0 Å². The minimum Gasteiger partial charge on any atom is -0.378 e. The molecule has 0 bridgehead atoms. The Hall–Kier alpha value is -4.05. The molecule has 37 heavy (non-hydrogen) atoms. The van der Waals surface area contributed by atoms with E-state index in [-0.39, 0.29) is 24.5 Å². The van der Waals surface area contributed by atoms with Crippen molar-refractivity contribution < 1.29 is 18.7 Å². The smallest absolute Gasteiger partial charge is 0.261 e. The Balaban J connectivity index is 1.10. The summed E-state index contributed by atoms with van der Waals surface area (Å²) in [5.74, 6) is -0.475. The van der Waals surface area contributed by atoms with Crippen molar-refractivity contribution in [3.05, 3.63) is 77.4 Å². The van der Waals surface area contributed by atoms with Crippen molar-refractivity contribution in [2.45, 2.75) is 12.6 Å². The fourth-order valence-corrected chi connectivity index (χ4v) is 5.08. The molecule has 0 unspecified atom stereocenters. The molecule has 190 valence electrons.